The van der Waals surface area contributed by atoms with E-state index in [4.69, 9.17) is 11.6 Å². The Balaban J connectivity index is 1.70. The van der Waals surface area contributed by atoms with Crippen molar-refractivity contribution in [2.24, 2.45) is 0 Å². The monoisotopic (exact) mass is 382 g/mol. The third-order valence-corrected chi connectivity index (χ3v) is 5.45. The molecule has 138 valence electrons. The van der Waals surface area contributed by atoms with Crippen LogP contribution in [0.1, 0.15) is 35.1 Å². The lowest BCUT2D eigenvalue weighted by atomic mass is 10.1. The molecule has 1 atom stereocenters. The Morgan fingerprint density at radius 2 is 2.04 bits per heavy atom. The highest BCUT2D eigenvalue weighted by atomic mass is 35.5. The highest BCUT2D eigenvalue weighted by Gasteiger charge is 2.35. The molecule has 0 N–H and O–H groups in total. The van der Waals surface area contributed by atoms with Crippen LogP contribution in [0, 0.1) is 6.92 Å². The van der Waals surface area contributed by atoms with E-state index in [0.717, 1.165) is 17.5 Å². The number of hydrogen-bond acceptors (Lipinski definition) is 5. The summed E-state index contributed by atoms with van der Waals surface area (Å²) in [5.41, 5.74) is 2.54. The zero-order valence-corrected chi connectivity index (χ0v) is 15.9. The summed E-state index contributed by atoms with van der Waals surface area (Å²) in [7, 11) is 0. The highest BCUT2D eigenvalue weighted by Crippen LogP contribution is 2.28. The van der Waals surface area contributed by atoms with E-state index in [1.54, 1.807) is 18.6 Å². The second kappa shape index (κ2) is 7.08. The maximum Gasteiger partial charge on any atom is 0.292 e. The number of rotatable bonds is 4. The Morgan fingerprint density at radius 3 is 2.78 bits per heavy atom. The van der Waals surface area contributed by atoms with Crippen LogP contribution in [0.4, 0.5) is 0 Å². The van der Waals surface area contributed by atoms with Crippen LogP contribution in [-0.2, 0) is 13.1 Å². The first-order chi connectivity index (χ1) is 13.1. The molecule has 8 heteroatoms. The third-order valence-electron chi connectivity index (χ3n) is 4.91. The Labute approximate surface area is 162 Å². The standard InChI is InChI=1S/C19H19ClN6O/c1-3-14-11-26-17(15-9-21-7-8-22-15)23-24-18(26)19(27)25(14)10-13-6-4-5-12(2)16(13)20/h4-9,14H,3,10-11H2,1-2H3/t14-/m0/s1. The van der Waals surface area contributed by atoms with Gasteiger partial charge in [-0.05, 0) is 24.5 Å². The Hall–Kier alpha value is -2.80. The summed E-state index contributed by atoms with van der Waals surface area (Å²) in [4.78, 5) is 23.4. The van der Waals surface area contributed by atoms with E-state index in [0.29, 0.717) is 35.5 Å². The molecule has 2 aromatic heterocycles. The average molecular weight is 383 g/mol. The predicted molar refractivity (Wildman–Crippen MR) is 101 cm³/mol. The van der Waals surface area contributed by atoms with Crippen molar-refractivity contribution in [3.8, 4) is 11.5 Å². The summed E-state index contributed by atoms with van der Waals surface area (Å²) in [6.45, 7) is 5.09. The van der Waals surface area contributed by atoms with Crippen molar-refractivity contribution in [2.75, 3.05) is 0 Å². The number of benzene rings is 1. The Kier molecular flexibility index (Phi) is 4.61. The minimum absolute atomic E-state index is 0.0213. The second-order valence-corrected chi connectivity index (χ2v) is 6.97. The number of amides is 1. The molecule has 1 aliphatic rings. The van der Waals surface area contributed by atoms with E-state index in [-0.39, 0.29) is 11.9 Å². The first-order valence-corrected chi connectivity index (χ1v) is 9.22. The normalized spacial score (nSPS) is 16.5. The number of nitrogens with zero attached hydrogens (tertiary/aromatic N) is 6. The molecule has 0 unspecified atom stereocenters. The van der Waals surface area contributed by atoms with Gasteiger partial charge in [-0.15, -0.1) is 10.2 Å². The maximum absolute atomic E-state index is 13.2. The van der Waals surface area contributed by atoms with Crippen molar-refractivity contribution < 1.29 is 4.79 Å². The van der Waals surface area contributed by atoms with Gasteiger partial charge in [0.1, 0.15) is 5.69 Å². The molecule has 1 aliphatic heterocycles. The predicted octanol–water partition coefficient (Wildman–Crippen LogP) is 3.13. The maximum atomic E-state index is 13.2. The van der Waals surface area contributed by atoms with Gasteiger partial charge < -0.3 is 4.90 Å². The molecule has 0 fully saturated rings. The largest absolute Gasteiger partial charge is 0.327 e. The summed E-state index contributed by atoms with van der Waals surface area (Å²) in [5, 5.41) is 9.03. The molecular weight excluding hydrogens is 364 g/mol. The topological polar surface area (TPSA) is 76.8 Å². The Bertz CT molecular complexity index is 987. The van der Waals surface area contributed by atoms with Gasteiger partial charge in [-0.3, -0.25) is 14.3 Å². The summed E-state index contributed by atoms with van der Waals surface area (Å²) < 4.78 is 1.84. The van der Waals surface area contributed by atoms with Crippen LogP contribution in [0.2, 0.25) is 5.02 Å². The van der Waals surface area contributed by atoms with E-state index >= 15 is 0 Å². The minimum Gasteiger partial charge on any atom is -0.327 e. The van der Waals surface area contributed by atoms with Crippen LogP contribution < -0.4 is 0 Å². The third kappa shape index (κ3) is 3.08. The highest BCUT2D eigenvalue weighted by molar-refractivity contribution is 6.32. The number of fused-ring (bicyclic) bond motifs is 1. The van der Waals surface area contributed by atoms with Gasteiger partial charge in [0.15, 0.2) is 5.82 Å². The lowest BCUT2D eigenvalue weighted by molar-refractivity contribution is 0.0559. The lowest BCUT2D eigenvalue weighted by Crippen LogP contribution is -2.47. The fourth-order valence-electron chi connectivity index (χ4n) is 3.41. The number of aryl methyl sites for hydroxylation is 1. The van der Waals surface area contributed by atoms with Crippen LogP contribution >= 0.6 is 11.6 Å². The number of aromatic nitrogens is 5. The zero-order chi connectivity index (χ0) is 19.0. The van der Waals surface area contributed by atoms with E-state index in [9.17, 15) is 4.79 Å². The average Bonchev–Trinajstić information content (AvgIpc) is 3.12. The summed E-state index contributed by atoms with van der Waals surface area (Å²) in [6.07, 6.45) is 5.64. The minimum atomic E-state index is -0.145. The van der Waals surface area contributed by atoms with E-state index in [1.165, 1.54) is 0 Å². The van der Waals surface area contributed by atoms with Gasteiger partial charge in [0, 0.05) is 30.5 Å². The molecule has 7 nitrogen and oxygen atoms in total. The van der Waals surface area contributed by atoms with Crippen LogP contribution in [0.25, 0.3) is 11.5 Å². The summed E-state index contributed by atoms with van der Waals surface area (Å²) in [5.74, 6) is 0.746. The molecule has 3 heterocycles. The molecule has 3 aromatic rings. The van der Waals surface area contributed by atoms with Crippen molar-refractivity contribution in [2.45, 2.75) is 39.4 Å². The first-order valence-electron chi connectivity index (χ1n) is 8.84. The molecule has 4 rings (SSSR count). The van der Waals surface area contributed by atoms with Gasteiger partial charge in [-0.2, -0.15) is 0 Å². The summed E-state index contributed by atoms with van der Waals surface area (Å²) in [6, 6.07) is 5.90. The summed E-state index contributed by atoms with van der Waals surface area (Å²) >= 11 is 6.45. The molecular formula is C19H19ClN6O. The molecule has 1 amide bonds. The smallest absolute Gasteiger partial charge is 0.292 e. The van der Waals surface area contributed by atoms with Crippen molar-refractivity contribution in [1.82, 2.24) is 29.6 Å². The molecule has 1 aromatic carbocycles. The molecule has 0 aliphatic carbocycles. The fourth-order valence-corrected chi connectivity index (χ4v) is 3.59. The van der Waals surface area contributed by atoms with Gasteiger partial charge in [-0.1, -0.05) is 36.7 Å². The van der Waals surface area contributed by atoms with Crippen molar-refractivity contribution in [1.29, 1.82) is 0 Å². The number of carbonyl (C=O) groups is 1. The lowest BCUT2D eigenvalue weighted by Gasteiger charge is -2.35. The van der Waals surface area contributed by atoms with Gasteiger partial charge in [0.25, 0.3) is 5.91 Å². The number of carbonyl (C=O) groups excluding carboxylic acids is 1. The van der Waals surface area contributed by atoms with Gasteiger partial charge >= 0.3 is 0 Å². The van der Waals surface area contributed by atoms with E-state index in [1.807, 2.05) is 34.6 Å². The van der Waals surface area contributed by atoms with E-state index in [2.05, 4.69) is 27.1 Å². The van der Waals surface area contributed by atoms with Gasteiger partial charge in [-0.25, -0.2) is 4.98 Å². The van der Waals surface area contributed by atoms with Crippen LogP contribution in [0.15, 0.2) is 36.8 Å². The van der Waals surface area contributed by atoms with Crippen molar-refractivity contribution in [3.63, 3.8) is 0 Å². The Morgan fingerprint density at radius 1 is 1.22 bits per heavy atom. The van der Waals surface area contributed by atoms with E-state index < -0.39 is 0 Å². The molecule has 0 radical (unpaired) electrons. The van der Waals surface area contributed by atoms with Crippen LogP contribution in [-0.4, -0.2) is 41.6 Å². The van der Waals surface area contributed by atoms with Gasteiger partial charge in [0.2, 0.25) is 5.82 Å². The van der Waals surface area contributed by atoms with Crippen molar-refractivity contribution >= 4 is 17.5 Å². The second-order valence-electron chi connectivity index (χ2n) is 6.59. The first kappa shape index (κ1) is 17.6. The molecule has 0 bridgehead atoms. The van der Waals surface area contributed by atoms with Crippen LogP contribution in [0.5, 0.6) is 0 Å². The van der Waals surface area contributed by atoms with Crippen molar-refractivity contribution in [3.05, 3.63) is 58.8 Å². The quantitative estimate of drug-likeness (QED) is 0.692. The van der Waals surface area contributed by atoms with Gasteiger partial charge in [0.05, 0.1) is 12.2 Å². The molecule has 27 heavy (non-hydrogen) atoms. The SMILES string of the molecule is CC[C@H]1Cn2c(nnc2-c2cnccn2)C(=O)N1Cc1cccc(C)c1Cl. The zero-order valence-electron chi connectivity index (χ0n) is 15.1. The fraction of sp³-hybridized carbons (Fsp3) is 0.316. The number of halogens is 1. The number of hydrogen-bond donors (Lipinski definition) is 0. The van der Waals surface area contributed by atoms with Crippen LogP contribution in [0.3, 0.4) is 0 Å². The molecule has 0 saturated heterocycles. The molecule has 0 saturated carbocycles. The molecule has 0 spiro atoms.